The van der Waals surface area contributed by atoms with Crippen LogP contribution in [0.15, 0.2) is 36.4 Å². The number of carbonyl (C=O) groups excluding carboxylic acids is 2. The molecule has 0 spiro atoms. The minimum absolute atomic E-state index is 0.303. The summed E-state index contributed by atoms with van der Waals surface area (Å²) in [6.45, 7) is 1.12. The van der Waals surface area contributed by atoms with Gasteiger partial charge in [-0.2, -0.15) is 0 Å². The first kappa shape index (κ1) is 19.7. The molecule has 1 N–H and O–H groups in total. The molecule has 2 amide bonds. The lowest BCUT2D eigenvalue weighted by Crippen LogP contribution is -2.45. The first-order valence-corrected chi connectivity index (χ1v) is 9.07. The number of hydrogen-bond donors (Lipinski definition) is 1. The molecule has 1 heterocycles. The highest BCUT2D eigenvalue weighted by atomic mass is 19.1. The van der Waals surface area contributed by atoms with E-state index in [4.69, 9.17) is 9.47 Å². The lowest BCUT2D eigenvalue weighted by molar-refractivity contribution is -0.146. The molecule has 0 fully saturated rings. The number of ether oxygens (including phenoxy) is 2. The Morgan fingerprint density at radius 3 is 2.36 bits per heavy atom. The van der Waals surface area contributed by atoms with Gasteiger partial charge in [-0.1, -0.05) is 12.1 Å². The van der Waals surface area contributed by atoms with Crippen LogP contribution in [-0.4, -0.2) is 44.0 Å². The van der Waals surface area contributed by atoms with Crippen molar-refractivity contribution in [2.24, 2.45) is 0 Å². The van der Waals surface area contributed by atoms with Crippen LogP contribution in [-0.2, 0) is 29.0 Å². The van der Waals surface area contributed by atoms with Crippen molar-refractivity contribution in [1.29, 1.82) is 0 Å². The van der Waals surface area contributed by atoms with E-state index in [2.05, 4.69) is 5.32 Å². The summed E-state index contributed by atoms with van der Waals surface area (Å²) >= 11 is 0. The number of fused-ring (bicyclic) bond motifs is 1. The number of rotatable bonds is 5. The molecule has 0 atom stereocenters. The van der Waals surface area contributed by atoms with Gasteiger partial charge in [0.2, 0.25) is 0 Å². The SMILES string of the molecule is COc1cc2c(cc1OC)CN(C(=O)C(=O)NCCc1ccc(F)cc1)CC2. The lowest BCUT2D eigenvalue weighted by atomic mass is 9.98. The maximum Gasteiger partial charge on any atom is 0.312 e. The molecule has 0 saturated carbocycles. The summed E-state index contributed by atoms with van der Waals surface area (Å²) in [6, 6.07) is 9.82. The molecule has 0 aromatic heterocycles. The van der Waals surface area contributed by atoms with Gasteiger partial charge < -0.3 is 19.7 Å². The quantitative estimate of drug-likeness (QED) is 0.799. The Hall–Kier alpha value is -3.09. The highest BCUT2D eigenvalue weighted by molar-refractivity contribution is 6.35. The van der Waals surface area contributed by atoms with E-state index < -0.39 is 11.8 Å². The van der Waals surface area contributed by atoms with Crippen LogP contribution >= 0.6 is 0 Å². The van der Waals surface area contributed by atoms with Gasteiger partial charge in [-0.15, -0.1) is 0 Å². The molecule has 28 heavy (non-hydrogen) atoms. The Labute approximate surface area is 163 Å². The number of nitrogens with one attached hydrogen (secondary N) is 1. The molecule has 1 aliphatic heterocycles. The fourth-order valence-electron chi connectivity index (χ4n) is 3.25. The second-order valence-electron chi connectivity index (χ2n) is 6.58. The molecule has 0 saturated heterocycles. The zero-order valence-electron chi connectivity index (χ0n) is 16.0. The van der Waals surface area contributed by atoms with E-state index in [1.807, 2.05) is 12.1 Å². The molecule has 0 bridgehead atoms. The summed E-state index contributed by atoms with van der Waals surface area (Å²) in [5.41, 5.74) is 2.91. The van der Waals surface area contributed by atoms with Crippen molar-refractivity contribution in [3.8, 4) is 11.5 Å². The third kappa shape index (κ3) is 4.42. The highest BCUT2D eigenvalue weighted by Gasteiger charge is 2.26. The van der Waals surface area contributed by atoms with Gasteiger partial charge in [-0.3, -0.25) is 9.59 Å². The van der Waals surface area contributed by atoms with Crippen LogP contribution in [0, 0.1) is 5.82 Å². The molecule has 148 valence electrons. The first-order valence-electron chi connectivity index (χ1n) is 9.07. The van der Waals surface area contributed by atoms with Crippen LogP contribution in [0.3, 0.4) is 0 Å². The second kappa shape index (κ2) is 8.73. The van der Waals surface area contributed by atoms with Gasteiger partial charge >= 0.3 is 11.8 Å². The van der Waals surface area contributed by atoms with Gasteiger partial charge in [0.1, 0.15) is 5.82 Å². The molecular formula is C21H23FN2O4. The van der Waals surface area contributed by atoms with E-state index in [9.17, 15) is 14.0 Å². The lowest BCUT2D eigenvalue weighted by Gasteiger charge is -2.29. The van der Waals surface area contributed by atoms with Crippen molar-refractivity contribution < 1.29 is 23.5 Å². The third-order valence-electron chi connectivity index (χ3n) is 4.81. The number of benzene rings is 2. The van der Waals surface area contributed by atoms with Crippen LogP contribution in [0.4, 0.5) is 4.39 Å². The van der Waals surface area contributed by atoms with E-state index >= 15 is 0 Å². The van der Waals surface area contributed by atoms with Crippen molar-refractivity contribution >= 4 is 11.8 Å². The summed E-state index contributed by atoms with van der Waals surface area (Å²) in [6.07, 6.45) is 1.17. The molecular weight excluding hydrogens is 363 g/mol. The molecule has 6 nitrogen and oxygen atoms in total. The first-order chi connectivity index (χ1) is 13.5. The molecule has 0 radical (unpaired) electrons. The number of hydrogen-bond acceptors (Lipinski definition) is 4. The molecule has 0 unspecified atom stereocenters. The predicted molar refractivity (Wildman–Crippen MR) is 102 cm³/mol. The fraction of sp³-hybridized carbons (Fsp3) is 0.333. The van der Waals surface area contributed by atoms with Gasteiger partial charge in [-0.25, -0.2) is 4.39 Å². The van der Waals surface area contributed by atoms with Crippen LogP contribution in [0.1, 0.15) is 16.7 Å². The number of nitrogens with zero attached hydrogens (tertiary/aromatic N) is 1. The molecule has 2 aromatic carbocycles. The summed E-state index contributed by atoms with van der Waals surface area (Å²) < 4.78 is 23.5. The summed E-state index contributed by atoms with van der Waals surface area (Å²) in [7, 11) is 3.14. The standard InChI is InChI=1S/C21H23FN2O4/c1-27-18-11-15-8-10-24(13-16(15)12-19(18)28-2)21(26)20(25)23-9-7-14-3-5-17(22)6-4-14/h3-6,11-12H,7-10,13H2,1-2H3,(H,23,25). The van der Waals surface area contributed by atoms with Gasteiger partial charge in [0.25, 0.3) is 0 Å². The topological polar surface area (TPSA) is 67.9 Å². The number of amides is 2. The van der Waals surface area contributed by atoms with E-state index in [1.165, 1.54) is 17.0 Å². The second-order valence-corrected chi connectivity index (χ2v) is 6.58. The molecule has 0 aliphatic carbocycles. The van der Waals surface area contributed by atoms with E-state index in [1.54, 1.807) is 26.4 Å². The van der Waals surface area contributed by atoms with Gasteiger partial charge in [0, 0.05) is 19.6 Å². The van der Waals surface area contributed by atoms with E-state index in [-0.39, 0.29) is 5.82 Å². The molecule has 1 aliphatic rings. The molecule has 2 aromatic rings. The van der Waals surface area contributed by atoms with Crippen molar-refractivity contribution in [3.05, 3.63) is 58.9 Å². The summed E-state index contributed by atoms with van der Waals surface area (Å²) in [4.78, 5) is 26.2. The minimum Gasteiger partial charge on any atom is -0.493 e. The smallest absolute Gasteiger partial charge is 0.312 e. The normalized spacial score (nSPS) is 12.9. The number of carbonyl (C=O) groups is 2. The third-order valence-corrected chi connectivity index (χ3v) is 4.81. The van der Waals surface area contributed by atoms with Crippen molar-refractivity contribution in [2.75, 3.05) is 27.3 Å². The monoisotopic (exact) mass is 386 g/mol. The maximum absolute atomic E-state index is 12.9. The van der Waals surface area contributed by atoms with Crippen LogP contribution in [0.5, 0.6) is 11.5 Å². The average Bonchev–Trinajstić information content (AvgIpc) is 2.73. The van der Waals surface area contributed by atoms with Gasteiger partial charge in [0.15, 0.2) is 11.5 Å². The van der Waals surface area contributed by atoms with Gasteiger partial charge in [0.05, 0.1) is 14.2 Å². The number of halogens is 1. The number of methoxy groups -OCH3 is 2. The van der Waals surface area contributed by atoms with Crippen LogP contribution in [0.2, 0.25) is 0 Å². The Bertz CT molecular complexity index is 867. The van der Waals surface area contributed by atoms with Gasteiger partial charge in [-0.05, 0) is 53.8 Å². The Morgan fingerprint density at radius 1 is 1.07 bits per heavy atom. The van der Waals surface area contributed by atoms with Crippen LogP contribution in [0.25, 0.3) is 0 Å². The zero-order chi connectivity index (χ0) is 20.1. The molecule has 3 rings (SSSR count). The minimum atomic E-state index is -0.633. The maximum atomic E-state index is 12.9. The average molecular weight is 386 g/mol. The Morgan fingerprint density at radius 2 is 1.71 bits per heavy atom. The van der Waals surface area contributed by atoms with Crippen molar-refractivity contribution in [1.82, 2.24) is 10.2 Å². The van der Waals surface area contributed by atoms with E-state index in [0.717, 1.165) is 16.7 Å². The zero-order valence-corrected chi connectivity index (χ0v) is 16.0. The Kier molecular flexibility index (Phi) is 6.13. The summed E-state index contributed by atoms with van der Waals surface area (Å²) in [5.74, 6) is -0.243. The van der Waals surface area contributed by atoms with Crippen molar-refractivity contribution in [3.63, 3.8) is 0 Å². The predicted octanol–water partition coefficient (Wildman–Crippen LogP) is 2.09. The van der Waals surface area contributed by atoms with Crippen molar-refractivity contribution in [2.45, 2.75) is 19.4 Å². The molecule has 7 heteroatoms. The fourth-order valence-corrected chi connectivity index (χ4v) is 3.25. The Balaban J connectivity index is 1.57. The highest BCUT2D eigenvalue weighted by Crippen LogP contribution is 2.33. The van der Waals surface area contributed by atoms with E-state index in [0.29, 0.717) is 44.0 Å². The van der Waals surface area contributed by atoms with Crippen LogP contribution < -0.4 is 14.8 Å². The summed E-state index contributed by atoms with van der Waals surface area (Å²) in [5, 5.41) is 2.64. The largest absolute Gasteiger partial charge is 0.493 e.